The van der Waals surface area contributed by atoms with Crippen molar-refractivity contribution in [2.24, 2.45) is 0 Å². The van der Waals surface area contributed by atoms with E-state index in [0.717, 1.165) is 38.5 Å². The van der Waals surface area contributed by atoms with E-state index in [4.69, 9.17) is 18.7 Å². The fourth-order valence-corrected chi connectivity index (χ4v) is 6.96. The van der Waals surface area contributed by atoms with E-state index in [1.54, 1.807) is 12.1 Å². The third-order valence-electron chi connectivity index (χ3n) is 9.52. The van der Waals surface area contributed by atoms with Crippen LogP contribution < -0.4 is 18.7 Å². The van der Waals surface area contributed by atoms with E-state index in [2.05, 4.69) is 20.8 Å². The lowest BCUT2D eigenvalue weighted by atomic mass is 10.1. The SMILES string of the molecule is CCCCCCCCCCCCOc1cc(OP(C)(=O)O)cc(OCCCCCCCCCCCC)c1OCCCCCCCCCCCC. The summed E-state index contributed by atoms with van der Waals surface area (Å²) in [7, 11) is -3.76. The molecule has 0 saturated carbocycles. The van der Waals surface area contributed by atoms with Gasteiger partial charge >= 0.3 is 7.60 Å². The molecule has 1 aromatic carbocycles. The molecule has 0 radical (unpaired) electrons. The van der Waals surface area contributed by atoms with Crippen molar-refractivity contribution in [2.45, 2.75) is 213 Å². The van der Waals surface area contributed by atoms with Gasteiger partial charge in [-0.15, -0.1) is 0 Å². The molecule has 1 aromatic rings. The van der Waals surface area contributed by atoms with Gasteiger partial charge in [-0.1, -0.05) is 194 Å². The number of benzene rings is 1. The van der Waals surface area contributed by atoms with Gasteiger partial charge < -0.3 is 23.6 Å². The van der Waals surface area contributed by atoms with Gasteiger partial charge in [0.05, 0.1) is 19.8 Å². The molecule has 0 spiro atoms. The minimum Gasteiger partial charge on any atom is -0.489 e. The Labute approximate surface area is 310 Å². The highest BCUT2D eigenvalue weighted by molar-refractivity contribution is 7.52. The van der Waals surface area contributed by atoms with Gasteiger partial charge in [-0.05, 0) is 19.3 Å². The van der Waals surface area contributed by atoms with Crippen molar-refractivity contribution in [3.05, 3.63) is 12.1 Å². The third kappa shape index (κ3) is 28.2. The fraction of sp³-hybridized carbons (Fsp3) is 0.860. The maximum absolute atomic E-state index is 12.2. The normalized spacial score (nSPS) is 12.6. The zero-order chi connectivity index (χ0) is 36.4. The molecule has 294 valence electrons. The van der Waals surface area contributed by atoms with Crippen LogP contribution in [0.25, 0.3) is 0 Å². The Morgan fingerprint density at radius 3 is 0.980 bits per heavy atom. The lowest BCUT2D eigenvalue weighted by molar-refractivity contribution is 0.233. The monoisotopic (exact) mass is 725 g/mol. The Morgan fingerprint density at radius 2 is 0.700 bits per heavy atom. The lowest BCUT2D eigenvalue weighted by Gasteiger charge is -2.19. The Balaban J connectivity index is 2.72. The summed E-state index contributed by atoms with van der Waals surface area (Å²) >= 11 is 0. The quantitative estimate of drug-likeness (QED) is 0.0541. The van der Waals surface area contributed by atoms with Gasteiger partial charge in [0, 0.05) is 18.8 Å². The van der Waals surface area contributed by atoms with Crippen LogP contribution in [-0.4, -0.2) is 31.4 Å². The van der Waals surface area contributed by atoms with Gasteiger partial charge in [0.2, 0.25) is 5.75 Å². The maximum Gasteiger partial charge on any atom is 0.373 e. The third-order valence-corrected chi connectivity index (χ3v) is 10.1. The van der Waals surface area contributed by atoms with Gasteiger partial charge in [0.25, 0.3) is 0 Å². The molecule has 7 heteroatoms. The van der Waals surface area contributed by atoms with Crippen LogP contribution in [0.1, 0.15) is 213 Å². The predicted molar refractivity (Wildman–Crippen MR) is 215 cm³/mol. The molecule has 0 bridgehead atoms. The Kier molecular flexibility index (Phi) is 31.2. The number of hydrogen-bond acceptors (Lipinski definition) is 5. The first-order valence-electron chi connectivity index (χ1n) is 21.5. The zero-order valence-corrected chi connectivity index (χ0v) is 34.3. The number of rotatable bonds is 38. The van der Waals surface area contributed by atoms with E-state index in [0.29, 0.717) is 37.1 Å². The second kappa shape index (κ2) is 33.4. The molecule has 0 aromatic heterocycles. The van der Waals surface area contributed by atoms with Gasteiger partial charge in [-0.2, -0.15) is 0 Å². The molecule has 0 aliphatic rings. The molecule has 0 aliphatic carbocycles. The van der Waals surface area contributed by atoms with Crippen molar-refractivity contribution in [1.82, 2.24) is 0 Å². The second-order valence-corrected chi connectivity index (χ2v) is 16.5. The van der Waals surface area contributed by atoms with Crippen molar-refractivity contribution in [1.29, 1.82) is 0 Å². The van der Waals surface area contributed by atoms with Gasteiger partial charge in [-0.3, -0.25) is 0 Å². The lowest BCUT2D eigenvalue weighted by Crippen LogP contribution is -2.07. The molecule has 0 aliphatic heterocycles. The molecule has 0 saturated heterocycles. The molecular weight excluding hydrogens is 643 g/mol. The van der Waals surface area contributed by atoms with E-state index >= 15 is 0 Å². The Hall–Kier alpha value is -1.39. The zero-order valence-electron chi connectivity index (χ0n) is 33.4. The summed E-state index contributed by atoms with van der Waals surface area (Å²) in [5.74, 6) is 1.95. The molecule has 1 atom stereocenters. The number of unbranched alkanes of at least 4 members (excludes halogenated alkanes) is 27. The maximum atomic E-state index is 12.2. The average Bonchev–Trinajstić information content (AvgIpc) is 3.08. The fourth-order valence-electron chi connectivity index (χ4n) is 6.46. The summed E-state index contributed by atoms with van der Waals surface area (Å²) in [6, 6.07) is 3.40. The molecule has 0 heterocycles. The van der Waals surface area contributed by atoms with Crippen LogP contribution in [0.3, 0.4) is 0 Å². The van der Waals surface area contributed by atoms with Crippen LogP contribution in [0.15, 0.2) is 12.1 Å². The van der Waals surface area contributed by atoms with Crippen molar-refractivity contribution < 1.29 is 28.2 Å². The van der Waals surface area contributed by atoms with E-state index in [9.17, 15) is 9.46 Å². The molecule has 1 rings (SSSR count). The van der Waals surface area contributed by atoms with E-state index in [1.807, 2.05) is 0 Å². The van der Waals surface area contributed by atoms with Crippen molar-refractivity contribution in [3.63, 3.8) is 0 Å². The first-order valence-corrected chi connectivity index (χ1v) is 23.5. The molecule has 6 nitrogen and oxygen atoms in total. The topological polar surface area (TPSA) is 74.2 Å². The van der Waals surface area contributed by atoms with Crippen LogP contribution in [0.2, 0.25) is 0 Å². The summed E-state index contributed by atoms with van der Waals surface area (Å²) in [4.78, 5) is 10.0. The molecule has 1 unspecified atom stereocenters. The van der Waals surface area contributed by atoms with Crippen molar-refractivity contribution in [3.8, 4) is 23.0 Å². The highest BCUT2D eigenvalue weighted by Crippen LogP contribution is 2.46. The molecule has 0 amide bonds. The number of ether oxygens (including phenoxy) is 3. The molecule has 50 heavy (non-hydrogen) atoms. The summed E-state index contributed by atoms with van der Waals surface area (Å²) in [6.45, 7) is 9.72. The van der Waals surface area contributed by atoms with E-state index in [1.165, 1.54) is 161 Å². The summed E-state index contributed by atoms with van der Waals surface area (Å²) in [6.07, 6.45) is 38.0. The second-order valence-electron chi connectivity index (χ2n) is 14.7. The van der Waals surface area contributed by atoms with Crippen LogP contribution in [-0.2, 0) is 4.57 Å². The number of hydrogen-bond donors (Lipinski definition) is 1. The van der Waals surface area contributed by atoms with Crippen LogP contribution in [0.5, 0.6) is 23.0 Å². The highest BCUT2D eigenvalue weighted by Gasteiger charge is 2.20. The summed E-state index contributed by atoms with van der Waals surface area (Å²) < 4.78 is 36.7. The largest absolute Gasteiger partial charge is 0.489 e. The summed E-state index contributed by atoms with van der Waals surface area (Å²) in [5.41, 5.74) is 0. The smallest absolute Gasteiger partial charge is 0.373 e. The molecule has 0 fully saturated rings. The van der Waals surface area contributed by atoms with Gasteiger partial charge in [0.1, 0.15) is 5.75 Å². The highest BCUT2D eigenvalue weighted by atomic mass is 31.2. The van der Waals surface area contributed by atoms with E-state index in [-0.39, 0.29) is 5.75 Å². The van der Waals surface area contributed by atoms with E-state index < -0.39 is 7.60 Å². The van der Waals surface area contributed by atoms with Crippen LogP contribution in [0, 0.1) is 0 Å². The molecule has 1 N–H and O–H groups in total. The first-order chi connectivity index (χ1) is 24.4. The predicted octanol–water partition coefficient (Wildman–Crippen LogP) is 14.8. The van der Waals surface area contributed by atoms with Crippen LogP contribution >= 0.6 is 7.60 Å². The standard InChI is InChI=1S/C43H81O6P/c1-5-8-11-14-17-20-23-26-29-32-35-46-41-38-40(49-50(4,44)45)39-42(47-36-33-30-27-24-21-18-15-12-9-6-2)43(41)48-37-34-31-28-25-22-19-16-13-10-7-3/h38-39H,5-37H2,1-4H3,(H,44,45). The Bertz CT molecular complexity index is 885. The average molecular weight is 725 g/mol. The Morgan fingerprint density at radius 1 is 0.440 bits per heavy atom. The van der Waals surface area contributed by atoms with Gasteiger partial charge in [-0.25, -0.2) is 4.57 Å². The van der Waals surface area contributed by atoms with Gasteiger partial charge in [0.15, 0.2) is 11.5 Å². The minimum absolute atomic E-state index is 0.278. The minimum atomic E-state index is -3.76. The summed E-state index contributed by atoms with van der Waals surface area (Å²) in [5, 5.41) is 0. The van der Waals surface area contributed by atoms with Crippen molar-refractivity contribution in [2.75, 3.05) is 26.5 Å². The van der Waals surface area contributed by atoms with Crippen LogP contribution in [0.4, 0.5) is 0 Å². The van der Waals surface area contributed by atoms with Crippen molar-refractivity contribution >= 4 is 7.60 Å². The molecular formula is C43H81O6P. The first kappa shape index (κ1) is 46.6.